The Morgan fingerprint density at radius 1 is 0.933 bits per heavy atom. The van der Waals surface area contributed by atoms with Gasteiger partial charge in [0.1, 0.15) is 0 Å². The SMILES string of the molecule is C[C@@H]1C2CCC([C@H](C)N2C)N1C(C)(C)C. The maximum atomic E-state index is 2.76. The molecule has 3 aliphatic heterocycles. The normalized spacial score (nSPS) is 43.6. The number of hydrogen-bond donors (Lipinski definition) is 0. The molecule has 3 rings (SSSR count). The van der Waals surface area contributed by atoms with Gasteiger partial charge in [0.2, 0.25) is 0 Å². The smallest absolute Gasteiger partial charge is 0.0258 e. The highest BCUT2D eigenvalue weighted by atomic mass is 15.4. The zero-order chi connectivity index (χ0) is 11.4. The van der Waals surface area contributed by atoms with Crippen molar-refractivity contribution < 1.29 is 0 Å². The molecular formula is C13H26N2. The quantitative estimate of drug-likeness (QED) is 0.605. The number of likely N-dealkylation sites (N-methyl/N-ethyl adjacent to an activating group) is 1. The third-order valence-electron chi connectivity index (χ3n) is 4.61. The van der Waals surface area contributed by atoms with E-state index < -0.39 is 0 Å². The van der Waals surface area contributed by atoms with Gasteiger partial charge < -0.3 is 0 Å². The van der Waals surface area contributed by atoms with Gasteiger partial charge in [0.25, 0.3) is 0 Å². The minimum atomic E-state index is 0.318. The van der Waals surface area contributed by atoms with Crippen molar-refractivity contribution in [3.8, 4) is 0 Å². The second-order valence-electron chi connectivity index (χ2n) is 6.44. The first-order valence-corrected chi connectivity index (χ1v) is 6.34. The molecule has 2 unspecified atom stereocenters. The van der Waals surface area contributed by atoms with E-state index in [1.54, 1.807) is 0 Å². The van der Waals surface area contributed by atoms with Crippen molar-refractivity contribution in [2.75, 3.05) is 7.05 Å². The molecule has 88 valence electrons. The summed E-state index contributed by atoms with van der Waals surface area (Å²) < 4.78 is 0. The molecule has 4 atom stereocenters. The Morgan fingerprint density at radius 2 is 1.47 bits per heavy atom. The van der Waals surface area contributed by atoms with Gasteiger partial charge in [-0.2, -0.15) is 0 Å². The third kappa shape index (κ3) is 1.62. The van der Waals surface area contributed by atoms with Gasteiger partial charge in [-0.05, 0) is 54.5 Å². The minimum absolute atomic E-state index is 0.318. The summed E-state index contributed by atoms with van der Waals surface area (Å²) in [5, 5.41) is 0. The second kappa shape index (κ2) is 3.46. The van der Waals surface area contributed by atoms with Gasteiger partial charge in [0, 0.05) is 29.7 Å². The van der Waals surface area contributed by atoms with Gasteiger partial charge in [-0.15, -0.1) is 0 Å². The molecular weight excluding hydrogens is 184 g/mol. The molecule has 2 nitrogen and oxygen atoms in total. The molecule has 0 amide bonds. The van der Waals surface area contributed by atoms with Crippen LogP contribution in [-0.4, -0.2) is 46.6 Å². The highest BCUT2D eigenvalue weighted by molar-refractivity contribution is 5.06. The van der Waals surface area contributed by atoms with Gasteiger partial charge in [0.15, 0.2) is 0 Å². The standard InChI is InChI=1S/C13H26N2/c1-9-12-8-7-11(14(9)6)10(2)15(12)13(3,4)5/h9-12H,7-8H2,1-6H3/t9-,10+,11?,12?/m0/s1. The average Bonchev–Trinajstić information content (AvgIpc) is 2.10. The van der Waals surface area contributed by atoms with E-state index in [0.717, 1.165) is 18.1 Å². The molecule has 0 aliphatic carbocycles. The van der Waals surface area contributed by atoms with E-state index in [-0.39, 0.29) is 0 Å². The fraction of sp³-hybridized carbons (Fsp3) is 1.00. The van der Waals surface area contributed by atoms with Crippen LogP contribution < -0.4 is 0 Å². The van der Waals surface area contributed by atoms with Crippen molar-refractivity contribution in [2.45, 2.75) is 77.2 Å². The van der Waals surface area contributed by atoms with Crippen molar-refractivity contribution in [3.63, 3.8) is 0 Å². The summed E-state index contributed by atoms with van der Waals surface area (Å²) in [6.45, 7) is 11.9. The number of rotatable bonds is 0. The molecule has 0 spiro atoms. The van der Waals surface area contributed by atoms with Crippen molar-refractivity contribution >= 4 is 0 Å². The van der Waals surface area contributed by atoms with Crippen LogP contribution in [0.25, 0.3) is 0 Å². The number of fused-ring (bicyclic) bond motifs is 3. The van der Waals surface area contributed by atoms with E-state index in [1.165, 1.54) is 12.8 Å². The van der Waals surface area contributed by atoms with E-state index >= 15 is 0 Å². The summed E-state index contributed by atoms with van der Waals surface area (Å²) in [6, 6.07) is 2.96. The summed E-state index contributed by atoms with van der Waals surface area (Å²) in [5.41, 5.74) is 0.318. The Hall–Kier alpha value is -0.0800. The highest BCUT2D eigenvalue weighted by Crippen LogP contribution is 2.40. The maximum Gasteiger partial charge on any atom is 0.0258 e. The van der Waals surface area contributed by atoms with Crippen LogP contribution in [0.5, 0.6) is 0 Å². The monoisotopic (exact) mass is 210 g/mol. The van der Waals surface area contributed by atoms with Crippen molar-refractivity contribution in [3.05, 3.63) is 0 Å². The predicted molar refractivity (Wildman–Crippen MR) is 65.1 cm³/mol. The Morgan fingerprint density at radius 3 is 2.00 bits per heavy atom. The highest BCUT2D eigenvalue weighted by Gasteiger charge is 2.49. The topological polar surface area (TPSA) is 6.48 Å². The molecule has 2 bridgehead atoms. The Kier molecular flexibility index (Phi) is 2.63. The third-order valence-corrected chi connectivity index (χ3v) is 4.61. The first-order valence-electron chi connectivity index (χ1n) is 6.34. The van der Waals surface area contributed by atoms with Gasteiger partial charge in [-0.25, -0.2) is 0 Å². The largest absolute Gasteiger partial charge is 0.298 e. The van der Waals surface area contributed by atoms with Crippen LogP contribution in [0, 0.1) is 0 Å². The molecule has 3 saturated heterocycles. The first-order chi connectivity index (χ1) is 6.84. The van der Waals surface area contributed by atoms with Crippen LogP contribution in [-0.2, 0) is 0 Å². The van der Waals surface area contributed by atoms with Crippen molar-refractivity contribution in [1.82, 2.24) is 9.80 Å². The number of nitrogens with zero attached hydrogens (tertiary/aromatic N) is 2. The Balaban J connectivity index is 2.29. The molecule has 0 aromatic rings. The Bertz CT molecular complexity index is 243. The molecule has 3 heterocycles. The molecule has 3 fully saturated rings. The zero-order valence-corrected chi connectivity index (χ0v) is 11.1. The van der Waals surface area contributed by atoms with E-state index in [9.17, 15) is 0 Å². The summed E-state index contributed by atoms with van der Waals surface area (Å²) >= 11 is 0. The fourth-order valence-corrected chi connectivity index (χ4v) is 3.91. The van der Waals surface area contributed by atoms with E-state index in [2.05, 4.69) is 51.5 Å². The number of piperidine rings is 2. The lowest BCUT2D eigenvalue weighted by atomic mass is 9.78. The van der Waals surface area contributed by atoms with Gasteiger partial charge in [-0.3, -0.25) is 9.80 Å². The van der Waals surface area contributed by atoms with Gasteiger partial charge >= 0.3 is 0 Å². The lowest BCUT2D eigenvalue weighted by Crippen LogP contribution is -2.73. The van der Waals surface area contributed by atoms with E-state index in [1.807, 2.05) is 0 Å². The van der Waals surface area contributed by atoms with Crippen molar-refractivity contribution in [2.24, 2.45) is 0 Å². The molecule has 15 heavy (non-hydrogen) atoms. The molecule has 0 aromatic heterocycles. The lowest BCUT2D eigenvalue weighted by molar-refractivity contribution is -0.121. The maximum absolute atomic E-state index is 2.76. The Labute approximate surface area is 94.6 Å². The minimum Gasteiger partial charge on any atom is -0.298 e. The number of piperazine rings is 1. The lowest BCUT2D eigenvalue weighted by Gasteiger charge is -2.62. The van der Waals surface area contributed by atoms with Crippen LogP contribution >= 0.6 is 0 Å². The van der Waals surface area contributed by atoms with E-state index in [4.69, 9.17) is 0 Å². The van der Waals surface area contributed by atoms with Gasteiger partial charge in [0.05, 0.1) is 0 Å². The second-order valence-corrected chi connectivity index (χ2v) is 6.44. The van der Waals surface area contributed by atoms with Crippen LogP contribution in [0.4, 0.5) is 0 Å². The average molecular weight is 210 g/mol. The van der Waals surface area contributed by atoms with Gasteiger partial charge in [-0.1, -0.05) is 0 Å². The van der Waals surface area contributed by atoms with Crippen LogP contribution in [0.15, 0.2) is 0 Å². The predicted octanol–water partition coefficient (Wildman–Crippen LogP) is 2.34. The van der Waals surface area contributed by atoms with Crippen LogP contribution in [0.3, 0.4) is 0 Å². The summed E-state index contributed by atoms with van der Waals surface area (Å²) in [6.07, 6.45) is 2.77. The molecule has 0 N–H and O–H groups in total. The summed E-state index contributed by atoms with van der Waals surface area (Å²) in [4.78, 5) is 5.35. The molecule has 0 aromatic carbocycles. The first kappa shape index (κ1) is 11.4. The van der Waals surface area contributed by atoms with Crippen molar-refractivity contribution in [1.29, 1.82) is 0 Å². The molecule has 0 saturated carbocycles. The molecule has 2 heteroatoms. The fourth-order valence-electron chi connectivity index (χ4n) is 3.91. The summed E-state index contributed by atoms with van der Waals surface area (Å²) in [5.74, 6) is 0. The zero-order valence-electron chi connectivity index (χ0n) is 11.1. The summed E-state index contributed by atoms with van der Waals surface area (Å²) in [7, 11) is 2.30. The molecule has 0 radical (unpaired) electrons. The number of hydrogen-bond acceptors (Lipinski definition) is 2. The van der Waals surface area contributed by atoms with Crippen LogP contribution in [0.1, 0.15) is 47.5 Å². The molecule has 3 aliphatic rings. The van der Waals surface area contributed by atoms with Crippen LogP contribution in [0.2, 0.25) is 0 Å². The van der Waals surface area contributed by atoms with E-state index in [0.29, 0.717) is 11.6 Å².